The van der Waals surface area contributed by atoms with Gasteiger partial charge in [-0.25, -0.2) is 0 Å². The maximum absolute atomic E-state index is 12.5. The summed E-state index contributed by atoms with van der Waals surface area (Å²) < 4.78 is 10.9. The Bertz CT molecular complexity index is 662. The fourth-order valence-corrected chi connectivity index (χ4v) is 3.37. The summed E-state index contributed by atoms with van der Waals surface area (Å²) in [6, 6.07) is 12.8. The van der Waals surface area contributed by atoms with Crippen molar-refractivity contribution in [2.75, 3.05) is 13.7 Å². The molecule has 1 atom stereocenters. The number of carbonyl (C=O) groups is 1. The van der Waals surface area contributed by atoms with E-state index in [0.29, 0.717) is 22.9 Å². The Balaban J connectivity index is 0.00000288. The molecule has 2 aromatic carbocycles. The first-order chi connectivity index (χ1) is 11.2. The molecule has 124 valence electrons. The molecule has 0 fully saturated rings. The molecule has 2 aromatic rings. The van der Waals surface area contributed by atoms with Gasteiger partial charge >= 0.3 is 18.9 Å². The molecule has 0 aromatic heterocycles. The van der Waals surface area contributed by atoms with E-state index in [0.717, 1.165) is 23.9 Å². The SMILES string of the molecule is CCCCOc1ccc(PC(=O)c2c(Cl)cccc2OC)cc1.[LiH]. The Morgan fingerprint density at radius 3 is 2.50 bits per heavy atom. The zero-order chi connectivity index (χ0) is 16.7. The number of rotatable bonds is 8. The number of carbonyl (C=O) groups excluding carboxylic acids is 1. The monoisotopic (exact) mass is 358 g/mol. The molecule has 0 spiro atoms. The van der Waals surface area contributed by atoms with Crippen LogP contribution in [0.1, 0.15) is 30.1 Å². The summed E-state index contributed by atoms with van der Waals surface area (Å²) in [6.45, 7) is 2.84. The average molecular weight is 359 g/mol. The number of hydrogen-bond donors (Lipinski definition) is 0. The molecule has 1 unspecified atom stereocenters. The number of unbranched alkanes of at least 4 members (excludes halogenated alkanes) is 1. The van der Waals surface area contributed by atoms with Gasteiger partial charge in [0, 0.05) is 0 Å². The Labute approximate surface area is 162 Å². The third-order valence-corrected chi connectivity index (χ3v) is 4.72. The number of halogens is 1. The second kappa shape index (κ2) is 10.8. The van der Waals surface area contributed by atoms with E-state index in [4.69, 9.17) is 21.1 Å². The van der Waals surface area contributed by atoms with Crippen LogP contribution in [0.15, 0.2) is 42.5 Å². The van der Waals surface area contributed by atoms with E-state index in [2.05, 4.69) is 6.92 Å². The molecule has 0 N–H and O–H groups in total. The summed E-state index contributed by atoms with van der Waals surface area (Å²) in [5.74, 6) is 1.34. The van der Waals surface area contributed by atoms with Gasteiger partial charge in [0.15, 0.2) is 5.52 Å². The van der Waals surface area contributed by atoms with Crippen molar-refractivity contribution in [3.8, 4) is 11.5 Å². The zero-order valence-corrected chi connectivity index (χ0v) is 15.0. The Hall–Kier alpha value is -0.973. The van der Waals surface area contributed by atoms with Crippen LogP contribution in [-0.4, -0.2) is 38.1 Å². The fraction of sp³-hybridized carbons (Fsp3) is 0.278. The summed E-state index contributed by atoms with van der Waals surface area (Å²) in [4.78, 5) is 12.5. The van der Waals surface area contributed by atoms with Gasteiger partial charge in [0.2, 0.25) is 0 Å². The van der Waals surface area contributed by atoms with Crippen LogP contribution >= 0.6 is 20.2 Å². The topological polar surface area (TPSA) is 35.5 Å². The summed E-state index contributed by atoms with van der Waals surface area (Å²) in [5, 5.41) is 1.36. The zero-order valence-electron chi connectivity index (χ0n) is 13.3. The molecule has 0 saturated carbocycles. The van der Waals surface area contributed by atoms with Crippen LogP contribution in [0.25, 0.3) is 0 Å². The van der Waals surface area contributed by atoms with Gasteiger partial charge in [-0.1, -0.05) is 43.1 Å². The van der Waals surface area contributed by atoms with Gasteiger partial charge in [-0.15, -0.1) is 0 Å². The second-order valence-corrected chi connectivity index (χ2v) is 6.69. The third-order valence-electron chi connectivity index (χ3n) is 3.30. The molecule has 24 heavy (non-hydrogen) atoms. The second-order valence-electron chi connectivity index (χ2n) is 5.00. The molecule has 0 radical (unpaired) electrons. The van der Waals surface area contributed by atoms with Crippen LogP contribution in [0.2, 0.25) is 5.02 Å². The van der Waals surface area contributed by atoms with E-state index in [1.807, 2.05) is 24.3 Å². The van der Waals surface area contributed by atoms with Gasteiger partial charge in [-0.2, -0.15) is 0 Å². The van der Waals surface area contributed by atoms with Crippen molar-refractivity contribution in [1.29, 1.82) is 0 Å². The van der Waals surface area contributed by atoms with Crippen molar-refractivity contribution in [3.63, 3.8) is 0 Å². The molecule has 0 aliphatic heterocycles. The quantitative estimate of drug-likeness (QED) is 0.406. The number of hydrogen-bond acceptors (Lipinski definition) is 3. The van der Waals surface area contributed by atoms with Gasteiger partial charge in [-0.05, 0) is 44.6 Å². The van der Waals surface area contributed by atoms with Crippen molar-refractivity contribution < 1.29 is 14.3 Å². The van der Waals surface area contributed by atoms with Crippen LogP contribution in [0, 0.1) is 0 Å². The number of ether oxygens (including phenoxy) is 2. The fourth-order valence-electron chi connectivity index (χ4n) is 2.06. The molecular formula is C18H21ClLiO3P. The van der Waals surface area contributed by atoms with Crippen molar-refractivity contribution >= 4 is 49.9 Å². The Morgan fingerprint density at radius 1 is 1.17 bits per heavy atom. The summed E-state index contributed by atoms with van der Waals surface area (Å²) in [5.41, 5.74) is 0.408. The first-order valence-electron chi connectivity index (χ1n) is 7.52. The van der Waals surface area contributed by atoms with E-state index < -0.39 is 0 Å². The molecule has 0 heterocycles. The summed E-state index contributed by atoms with van der Waals surface area (Å²) in [6.07, 6.45) is 2.14. The van der Waals surface area contributed by atoms with Crippen molar-refractivity contribution in [1.82, 2.24) is 0 Å². The van der Waals surface area contributed by atoms with Crippen LogP contribution in [0.4, 0.5) is 0 Å². The van der Waals surface area contributed by atoms with Crippen LogP contribution < -0.4 is 14.8 Å². The van der Waals surface area contributed by atoms with Crippen molar-refractivity contribution in [3.05, 3.63) is 53.1 Å². The first-order valence-corrected chi connectivity index (χ1v) is 8.90. The van der Waals surface area contributed by atoms with Crippen LogP contribution in [0.3, 0.4) is 0 Å². The molecule has 3 nitrogen and oxygen atoms in total. The van der Waals surface area contributed by atoms with Gasteiger partial charge in [0.25, 0.3) is 0 Å². The predicted molar refractivity (Wildman–Crippen MR) is 104 cm³/mol. The standard InChI is InChI=1S/C18H20ClO3P.Li.H/c1-3-4-12-22-13-8-10-14(11-9-13)23-18(20)17-15(19)6-5-7-16(17)21-2;;/h5-11,23H,3-4,12H2,1-2H3;;. The minimum absolute atomic E-state index is 0. The first kappa shape index (κ1) is 21.1. The predicted octanol–water partition coefficient (Wildman–Crippen LogP) is 4.02. The molecule has 0 amide bonds. The van der Waals surface area contributed by atoms with E-state index >= 15 is 0 Å². The summed E-state index contributed by atoms with van der Waals surface area (Å²) in [7, 11) is 1.53. The van der Waals surface area contributed by atoms with E-state index in [9.17, 15) is 4.79 Å². The van der Waals surface area contributed by atoms with Gasteiger partial charge < -0.3 is 9.47 Å². The molecular weight excluding hydrogens is 338 g/mol. The van der Waals surface area contributed by atoms with Gasteiger partial charge in [-0.3, -0.25) is 4.79 Å². The van der Waals surface area contributed by atoms with Crippen molar-refractivity contribution in [2.24, 2.45) is 0 Å². The Morgan fingerprint density at radius 2 is 1.88 bits per heavy atom. The third kappa shape index (κ3) is 5.83. The molecule has 6 heteroatoms. The summed E-state index contributed by atoms with van der Waals surface area (Å²) >= 11 is 6.15. The van der Waals surface area contributed by atoms with Gasteiger partial charge in [0.05, 0.1) is 24.3 Å². The maximum atomic E-state index is 12.5. The molecule has 2 rings (SSSR count). The van der Waals surface area contributed by atoms with Crippen molar-refractivity contribution in [2.45, 2.75) is 19.8 Å². The van der Waals surface area contributed by atoms with E-state index in [1.165, 1.54) is 7.11 Å². The number of methoxy groups -OCH3 is 1. The minimum atomic E-state index is -0.0351. The van der Waals surface area contributed by atoms with E-state index in [-0.39, 0.29) is 33.0 Å². The van der Waals surface area contributed by atoms with Crippen LogP contribution in [0.5, 0.6) is 11.5 Å². The Kier molecular flexibility index (Phi) is 9.48. The average Bonchev–Trinajstić information content (AvgIpc) is 2.56. The van der Waals surface area contributed by atoms with Crippen LogP contribution in [-0.2, 0) is 0 Å². The molecule has 0 aliphatic carbocycles. The normalized spacial score (nSPS) is 10.5. The molecule has 0 saturated heterocycles. The van der Waals surface area contributed by atoms with E-state index in [1.54, 1.807) is 18.2 Å². The number of benzene rings is 2. The molecule has 0 aliphatic rings. The molecule has 0 bridgehead atoms. The van der Waals surface area contributed by atoms with Gasteiger partial charge in [0.1, 0.15) is 11.5 Å².